The number of aromatic nitrogens is 2. The van der Waals surface area contributed by atoms with Crippen LogP contribution in [0, 0.1) is 12.3 Å². The quantitative estimate of drug-likeness (QED) is 0.789. The van der Waals surface area contributed by atoms with E-state index in [2.05, 4.69) is 11.0 Å². The molecular weight excluding hydrogens is 274 g/mol. The van der Waals surface area contributed by atoms with Gasteiger partial charge in [0.2, 0.25) is 0 Å². The SMILES string of the molecule is C#CCN(CC(=O)O)C(=O)c1ccc(Cn2cccn2)o1. The maximum absolute atomic E-state index is 12.1. The van der Waals surface area contributed by atoms with Crippen molar-refractivity contribution in [2.24, 2.45) is 0 Å². The molecule has 1 amide bonds. The molecule has 0 radical (unpaired) electrons. The maximum atomic E-state index is 12.1. The number of carboxylic acids is 1. The van der Waals surface area contributed by atoms with E-state index in [9.17, 15) is 9.59 Å². The molecule has 2 aromatic heterocycles. The van der Waals surface area contributed by atoms with Crippen LogP contribution in [-0.2, 0) is 11.3 Å². The van der Waals surface area contributed by atoms with Gasteiger partial charge in [-0.2, -0.15) is 5.10 Å². The summed E-state index contributed by atoms with van der Waals surface area (Å²) in [5.74, 6) is 1.15. The second-order valence-electron chi connectivity index (χ2n) is 4.23. The van der Waals surface area contributed by atoms with Crippen molar-refractivity contribution in [3.05, 3.63) is 42.1 Å². The first kappa shape index (κ1) is 14.4. The van der Waals surface area contributed by atoms with Crippen LogP contribution in [0.4, 0.5) is 0 Å². The molecule has 2 rings (SSSR count). The third-order valence-electron chi connectivity index (χ3n) is 2.64. The second kappa shape index (κ2) is 6.43. The first-order valence-electron chi connectivity index (χ1n) is 6.11. The molecule has 7 nitrogen and oxygen atoms in total. The van der Waals surface area contributed by atoms with Crippen LogP contribution in [0.15, 0.2) is 35.0 Å². The highest BCUT2D eigenvalue weighted by Gasteiger charge is 2.20. The molecule has 0 bridgehead atoms. The zero-order valence-electron chi connectivity index (χ0n) is 11.1. The number of nitrogens with zero attached hydrogens (tertiary/aromatic N) is 3. The number of carbonyl (C=O) groups is 2. The number of carboxylic acid groups (broad SMARTS) is 1. The monoisotopic (exact) mass is 287 g/mol. The van der Waals surface area contributed by atoms with Crippen LogP contribution in [0.1, 0.15) is 16.3 Å². The van der Waals surface area contributed by atoms with Gasteiger partial charge in [-0.15, -0.1) is 6.42 Å². The fourth-order valence-electron chi connectivity index (χ4n) is 1.76. The van der Waals surface area contributed by atoms with E-state index in [0.29, 0.717) is 12.3 Å². The average molecular weight is 287 g/mol. The van der Waals surface area contributed by atoms with Gasteiger partial charge in [-0.3, -0.25) is 14.3 Å². The Kier molecular flexibility index (Phi) is 4.41. The number of furan rings is 1. The molecule has 1 N–H and O–H groups in total. The average Bonchev–Trinajstić information content (AvgIpc) is 3.09. The summed E-state index contributed by atoms with van der Waals surface area (Å²) < 4.78 is 7.06. The Labute approximate surface area is 120 Å². The Balaban J connectivity index is 2.09. The van der Waals surface area contributed by atoms with Crippen molar-refractivity contribution >= 4 is 11.9 Å². The molecule has 2 aromatic rings. The smallest absolute Gasteiger partial charge is 0.323 e. The minimum absolute atomic E-state index is 0.0497. The van der Waals surface area contributed by atoms with Gasteiger partial charge in [0.05, 0.1) is 13.1 Å². The van der Waals surface area contributed by atoms with Crippen molar-refractivity contribution in [2.45, 2.75) is 6.54 Å². The van der Waals surface area contributed by atoms with Crippen molar-refractivity contribution in [2.75, 3.05) is 13.1 Å². The fourth-order valence-corrected chi connectivity index (χ4v) is 1.76. The third kappa shape index (κ3) is 3.73. The summed E-state index contributed by atoms with van der Waals surface area (Å²) in [6, 6.07) is 4.91. The van der Waals surface area contributed by atoms with Gasteiger partial charge in [0, 0.05) is 12.4 Å². The Morgan fingerprint density at radius 2 is 2.29 bits per heavy atom. The normalized spacial score (nSPS) is 10.0. The molecule has 7 heteroatoms. The molecule has 0 aliphatic rings. The van der Waals surface area contributed by atoms with E-state index in [-0.39, 0.29) is 12.3 Å². The summed E-state index contributed by atoms with van der Waals surface area (Å²) in [5, 5.41) is 12.8. The Hall–Kier alpha value is -3.01. The summed E-state index contributed by atoms with van der Waals surface area (Å²) in [6.45, 7) is -0.188. The molecule has 0 saturated heterocycles. The van der Waals surface area contributed by atoms with Crippen molar-refractivity contribution in [1.82, 2.24) is 14.7 Å². The highest BCUT2D eigenvalue weighted by molar-refractivity contribution is 5.93. The Morgan fingerprint density at radius 3 is 2.90 bits per heavy atom. The predicted octanol–water partition coefficient (Wildman–Crippen LogP) is 0.684. The van der Waals surface area contributed by atoms with Crippen LogP contribution < -0.4 is 0 Å². The number of amides is 1. The van der Waals surface area contributed by atoms with E-state index >= 15 is 0 Å². The first-order chi connectivity index (χ1) is 10.1. The van der Waals surface area contributed by atoms with E-state index in [1.54, 1.807) is 29.2 Å². The summed E-state index contributed by atoms with van der Waals surface area (Å²) in [4.78, 5) is 23.9. The summed E-state index contributed by atoms with van der Waals surface area (Å²) >= 11 is 0. The number of rotatable bonds is 6. The summed E-state index contributed by atoms with van der Waals surface area (Å²) in [7, 11) is 0. The molecule has 0 aliphatic carbocycles. The van der Waals surface area contributed by atoms with E-state index in [0.717, 1.165) is 4.90 Å². The first-order valence-corrected chi connectivity index (χ1v) is 6.11. The van der Waals surface area contributed by atoms with Crippen molar-refractivity contribution in [1.29, 1.82) is 0 Å². The molecule has 0 spiro atoms. The molecule has 0 fully saturated rings. The zero-order chi connectivity index (χ0) is 15.2. The van der Waals surface area contributed by atoms with E-state index < -0.39 is 18.4 Å². The molecule has 0 aliphatic heterocycles. The third-order valence-corrected chi connectivity index (χ3v) is 2.64. The lowest BCUT2D eigenvalue weighted by Gasteiger charge is -2.16. The van der Waals surface area contributed by atoms with Crippen LogP contribution in [0.5, 0.6) is 0 Å². The molecular formula is C14H13N3O4. The van der Waals surface area contributed by atoms with Gasteiger partial charge in [-0.25, -0.2) is 0 Å². The zero-order valence-corrected chi connectivity index (χ0v) is 11.1. The number of hydrogen-bond donors (Lipinski definition) is 1. The molecule has 0 unspecified atom stereocenters. The van der Waals surface area contributed by atoms with Gasteiger partial charge in [0.1, 0.15) is 12.3 Å². The van der Waals surface area contributed by atoms with Gasteiger partial charge in [-0.05, 0) is 18.2 Å². The van der Waals surface area contributed by atoms with Crippen molar-refractivity contribution in [3.8, 4) is 12.3 Å². The second-order valence-corrected chi connectivity index (χ2v) is 4.23. The van der Waals surface area contributed by atoms with Crippen LogP contribution in [0.3, 0.4) is 0 Å². The summed E-state index contributed by atoms with van der Waals surface area (Å²) in [6.07, 6.45) is 8.54. The minimum atomic E-state index is -1.14. The minimum Gasteiger partial charge on any atom is -0.480 e. The van der Waals surface area contributed by atoms with E-state index in [1.807, 2.05) is 0 Å². The Morgan fingerprint density at radius 1 is 1.48 bits per heavy atom. The van der Waals surface area contributed by atoms with Crippen LogP contribution in [0.2, 0.25) is 0 Å². The number of hydrogen-bond acceptors (Lipinski definition) is 4. The lowest BCUT2D eigenvalue weighted by Crippen LogP contribution is -2.35. The van der Waals surface area contributed by atoms with Gasteiger partial charge in [0.25, 0.3) is 5.91 Å². The van der Waals surface area contributed by atoms with Crippen molar-refractivity contribution < 1.29 is 19.1 Å². The summed E-state index contributed by atoms with van der Waals surface area (Å²) in [5.41, 5.74) is 0. The highest BCUT2D eigenvalue weighted by atomic mass is 16.4. The van der Waals surface area contributed by atoms with Crippen LogP contribution in [-0.4, -0.2) is 44.8 Å². The molecule has 0 atom stereocenters. The fraction of sp³-hybridized carbons (Fsp3) is 0.214. The molecule has 108 valence electrons. The maximum Gasteiger partial charge on any atom is 0.323 e. The highest BCUT2D eigenvalue weighted by Crippen LogP contribution is 2.12. The van der Waals surface area contributed by atoms with Gasteiger partial charge in [-0.1, -0.05) is 5.92 Å². The van der Waals surface area contributed by atoms with E-state index in [4.69, 9.17) is 15.9 Å². The standard InChI is InChI=1S/C14H13N3O4/c1-2-7-16(10-13(18)19)14(20)12-5-4-11(21-12)9-17-8-3-6-15-17/h1,3-6,8H,7,9-10H2,(H,18,19). The predicted molar refractivity (Wildman–Crippen MR) is 72.4 cm³/mol. The van der Waals surface area contributed by atoms with Gasteiger partial charge >= 0.3 is 5.97 Å². The van der Waals surface area contributed by atoms with Gasteiger partial charge < -0.3 is 14.4 Å². The van der Waals surface area contributed by atoms with Crippen LogP contribution in [0.25, 0.3) is 0 Å². The molecule has 2 heterocycles. The van der Waals surface area contributed by atoms with E-state index in [1.165, 1.54) is 6.07 Å². The number of carbonyl (C=O) groups excluding carboxylic acids is 1. The van der Waals surface area contributed by atoms with Crippen molar-refractivity contribution in [3.63, 3.8) is 0 Å². The number of terminal acetylenes is 1. The lowest BCUT2D eigenvalue weighted by atomic mass is 10.3. The van der Waals surface area contributed by atoms with Gasteiger partial charge in [0.15, 0.2) is 5.76 Å². The largest absolute Gasteiger partial charge is 0.480 e. The molecule has 0 saturated carbocycles. The lowest BCUT2D eigenvalue weighted by molar-refractivity contribution is -0.137. The van der Waals surface area contributed by atoms with Crippen LogP contribution >= 0.6 is 0 Å². The molecule has 0 aromatic carbocycles. The number of aliphatic carboxylic acids is 1. The molecule has 21 heavy (non-hydrogen) atoms. The topological polar surface area (TPSA) is 88.6 Å². The Bertz CT molecular complexity index is 667.